The summed E-state index contributed by atoms with van der Waals surface area (Å²) in [5.41, 5.74) is 0.780. The fourth-order valence-electron chi connectivity index (χ4n) is 2.34. The first kappa shape index (κ1) is 12.9. The van der Waals surface area contributed by atoms with Gasteiger partial charge in [0, 0.05) is 10.7 Å². The van der Waals surface area contributed by atoms with Gasteiger partial charge >= 0.3 is 0 Å². The molecular weight excluding hydrogens is 248 g/mol. The number of anilines is 1. The summed E-state index contributed by atoms with van der Waals surface area (Å²) < 4.78 is 0. The minimum Gasteiger partial charge on any atom is -0.324 e. The van der Waals surface area contributed by atoms with Crippen LogP contribution in [-0.4, -0.2) is 5.91 Å². The van der Waals surface area contributed by atoms with Gasteiger partial charge in [-0.05, 0) is 37.5 Å². The van der Waals surface area contributed by atoms with E-state index < -0.39 is 5.41 Å². The average Bonchev–Trinajstić information content (AvgIpc) is 2.84. The van der Waals surface area contributed by atoms with E-state index in [2.05, 4.69) is 11.4 Å². The second kappa shape index (κ2) is 4.99. The summed E-state index contributed by atoms with van der Waals surface area (Å²) in [5.74, 6) is -0.201. The molecule has 0 aliphatic heterocycles. The Bertz CT molecular complexity index is 513. The molecule has 0 bridgehead atoms. The van der Waals surface area contributed by atoms with Gasteiger partial charge in [0.05, 0.1) is 6.07 Å². The number of amides is 1. The molecule has 0 saturated heterocycles. The second-order valence-corrected chi connectivity index (χ2v) is 5.25. The van der Waals surface area contributed by atoms with Gasteiger partial charge in [-0.15, -0.1) is 0 Å². The lowest BCUT2D eigenvalue weighted by Crippen LogP contribution is -2.32. The highest BCUT2D eigenvalue weighted by atomic mass is 35.5. The highest BCUT2D eigenvalue weighted by Gasteiger charge is 2.41. The third-order valence-electron chi connectivity index (χ3n) is 3.55. The van der Waals surface area contributed by atoms with E-state index in [1.165, 1.54) is 0 Å². The lowest BCUT2D eigenvalue weighted by molar-refractivity contribution is -0.122. The van der Waals surface area contributed by atoms with Gasteiger partial charge in [-0.1, -0.05) is 30.5 Å². The van der Waals surface area contributed by atoms with Gasteiger partial charge in [-0.2, -0.15) is 5.26 Å². The summed E-state index contributed by atoms with van der Waals surface area (Å²) in [5, 5.41) is 12.7. The summed E-state index contributed by atoms with van der Waals surface area (Å²) in [6.45, 7) is 1.90. The average molecular weight is 263 g/mol. The van der Waals surface area contributed by atoms with Gasteiger partial charge in [-0.3, -0.25) is 4.79 Å². The van der Waals surface area contributed by atoms with Crippen molar-refractivity contribution in [2.75, 3.05) is 5.32 Å². The highest BCUT2D eigenvalue weighted by Crippen LogP contribution is 2.38. The first-order valence-corrected chi connectivity index (χ1v) is 6.44. The van der Waals surface area contributed by atoms with Crippen molar-refractivity contribution in [2.24, 2.45) is 5.41 Å². The highest BCUT2D eigenvalue weighted by molar-refractivity contribution is 6.31. The molecule has 0 atom stereocenters. The van der Waals surface area contributed by atoms with Crippen LogP contribution in [0.5, 0.6) is 0 Å². The molecule has 1 saturated carbocycles. The van der Waals surface area contributed by atoms with Crippen LogP contribution in [-0.2, 0) is 4.79 Å². The first-order chi connectivity index (χ1) is 8.57. The molecule has 2 rings (SSSR count). The van der Waals surface area contributed by atoms with Crippen LogP contribution in [0.1, 0.15) is 31.2 Å². The zero-order chi connectivity index (χ0) is 13.2. The van der Waals surface area contributed by atoms with Crippen LogP contribution in [0.25, 0.3) is 0 Å². The summed E-state index contributed by atoms with van der Waals surface area (Å²) in [6.07, 6.45) is 3.18. The number of hydrogen-bond acceptors (Lipinski definition) is 2. The maximum Gasteiger partial charge on any atom is 0.244 e. The van der Waals surface area contributed by atoms with Crippen molar-refractivity contribution < 1.29 is 4.79 Å². The molecule has 1 N–H and O–H groups in total. The first-order valence-electron chi connectivity index (χ1n) is 6.06. The molecule has 1 aliphatic carbocycles. The summed E-state index contributed by atoms with van der Waals surface area (Å²) in [7, 11) is 0. The van der Waals surface area contributed by atoms with E-state index in [0.29, 0.717) is 23.6 Å². The Balaban J connectivity index is 2.21. The van der Waals surface area contributed by atoms with Gasteiger partial charge < -0.3 is 5.32 Å². The van der Waals surface area contributed by atoms with Crippen molar-refractivity contribution in [1.29, 1.82) is 5.26 Å². The molecule has 3 nitrogen and oxygen atoms in total. The van der Waals surface area contributed by atoms with Crippen molar-refractivity contribution >= 4 is 23.2 Å². The fraction of sp³-hybridized carbons (Fsp3) is 0.429. The van der Waals surface area contributed by atoms with Crippen LogP contribution in [0.3, 0.4) is 0 Å². The van der Waals surface area contributed by atoms with Crippen LogP contribution in [0.4, 0.5) is 5.69 Å². The van der Waals surface area contributed by atoms with E-state index in [9.17, 15) is 10.1 Å². The van der Waals surface area contributed by atoms with Crippen molar-refractivity contribution in [3.05, 3.63) is 28.8 Å². The molecule has 0 radical (unpaired) electrons. The summed E-state index contributed by atoms with van der Waals surface area (Å²) in [4.78, 5) is 12.3. The van der Waals surface area contributed by atoms with Crippen LogP contribution >= 0.6 is 11.6 Å². The minimum absolute atomic E-state index is 0.201. The largest absolute Gasteiger partial charge is 0.324 e. The van der Waals surface area contributed by atoms with E-state index in [0.717, 1.165) is 18.4 Å². The molecule has 0 heterocycles. The fourth-order valence-corrected chi connectivity index (χ4v) is 2.51. The lowest BCUT2D eigenvalue weighted by atomic mass is 9.87. The lowest BCUT2D eigenvalue weighted by Gasteiger charge is -2.20. The molecule has 0 unspecified atom stereocenters. The number of nitriles is 1. The van der Waals surface area contributed by atoms with Gasteiger partial charge in [-0.25, -0.2) is 0 Å². The molecule has 1 aliphatic rings. The van der Waals surface area contributed by atoms with Crippen molar-refractivity contribution in [3.63, 3.8) is 0 Å². The summed E-state index contributed by atoms with van der Waals surface area (Å²) in [6, 6.07) is 7.54. The van der Waals surface area contributed by atoms with E-state index >= 15 is 0 Å². The topological polar surface area (TPSA) is 52.9 Å². The minimum atomic E-state index is -0.852. The quantitative estimate of drug-likeness (QED) is 0.884. The normalized spacial score (nSPS) is 17.2. The van der Waals surface area contributed by atoms with E-state index in [-0.39, 0.29) is 5.91 Å². The van der Waals surface area contributed by atoms with Crippen LogP contribution in [0.2, 0.25) is 5.02 Å². The Morgan fingerprint density at radius 2 is 2.11 bits per heavy atom. The molecule has 1 aromatic rings. The van der Waals surface area contributed by atoms with E-state index in [1.54, 1.807) is 12.1 Å². The number of carbonyl (C=O) groups excluding carboxylic acids is 1. The number of aryl methyl sites for hydroxylation is 1. The monoisotopic (exact) mass is 262 g/mol. The van der Waals surface area contributed by atoms with Crippen molar-refractivity contribution in [1.82, 2.24) is 0 Å². The molecule has 4 heteroatoms. The maximum absolute atomic E-state index is 12.3. The van der Waals surface area contributed by atoms with Crippen LogP contribution < -0.4 is 5.32 Å². The maximum atomic E-state index is 12.3. The molecular formula is C14H15ClN2O. The van der Waals surface area contributed by atoms with Gasteiger partial charge in [0.25, 0.3) is 0 Å². The van der Waals surface area contributed by atoms with E-state index in [4.69, 9.17) is 11.6 Å². The predicted molar refractivity (Wildman–Crippen MR) is 71.3 cm³/mol. The Morgan fingerprint density at radius 1 is 1.44 bits per heavy atom. The predicted octanol–water partition coefficient (Wildman–Crippen LogP) is 3.67. The number of nitrogens with one attached hydrogen (secondary N) is 1. The third-order valence-corrected chi connectivity index (χ3v) is 3.79. The zero-order valence-electron chi connectivity index (χ0n) is 10.3. The van der Waals surface area contributed by atoms with Crippen molar-refractivity contribution in [2.45, 2.75) is 32.6 Å². The molecule has 18 heavy (non-hydrogen) atoms. The number of benzene rings is 1. The molecule has 0 spiro atoms. The van der Waals surface area contributed by atoms with Gasteiger partial charge in [0.1, 0.15) is 5.41 Å². The molecule has 1 fully saturated rings. The number of nitrogens with zero attached hydrogens (tertiary/aromatic N) is 1. The standard InChI is InChI=1S/C14H15ClN2O/c1-10-4-5-11(15)8-12(10)17-13(18)14(9-16)6-2-3-7-14/h4-5,8H,2-3,6-7H2,1H3,(H,17,18). The van der Waals surface area contributed by atoms with Gasteiger partial charge in [0.2, 0.25) is 5.91 Å². The molecule has 94 valence electrons. The van der Waals surface area contributed by atoms with E-state index in [1.807, 2.05) is 13.0 Å². The molecule has 0 aromatic heterocycles. The molecule has 1 amide bonds. The van der Waals surface area contributed by atoms with Crippen LogP contribution in [0.15, 0.2) is 18.2 Å². The Hall–Kier alpha value is -1.53. The Labute approximate surface area is 112 Å². The second-order valence-electron chi connectivity index (χ2n) is 4.81. The van der Waals surface area contributed by atoms with Gasteiger partial charge in [0.15, 0.2) is 0 Å². The molecule has 1 aromatic carbocycles. The Kier molecular flexibility index (Phi) is 3.58. The summed E-state index contributed by atoms with van der Waals surface area (Å²) >= 11 is 5.91. The van der Waals surface area contributed by atoms with Crippen LogP contribution in [0, 0.1) is 23.7 Å². The number of carbonyl (C=O) groups is 1. The smallest absolute Gasteiger partial charge is 0.244 e. The number of halogens is 1. The van der Waals surface area contributed by atoms with Crippen molar-refractivity contribution in [3.8, 4) is 6.07 Å². The number of rotatable bonds is 2. The Morgan fingerprint density at radius 3 is 2.72 bits per heavy atom. The SMILES string of the molecule is Cc1ccc(Cl)cc1NC(=O)C1(C#N)CCCC1. The number of hydrogen-bond donors (Lipinski definition) is 1. The zero-order valence-corrected chi connectivity index (χ0v) is 11.0. The third kappa shape index (κ3) is 2.34.